The van der Waals surface area contributed by atoms with Crippen LogP contribution in [-0.4, -0.2) is 28.2 Å². The summed E-state index contributed by atoms with van der Waals surface area (Å²) in [6.07, 6.45) is 2.85. The average Bonchev–Trinajstić information content (AvgIpc) is 2.86. The normalized spacial score (nSPS) is 10.8. The van der Waals surface area contributed by atoms with E-state index in [0.29, 0.717) is 5.95 Å². The van der Waals surface area contributed by atoms with Crippen molar-refractivity contribution in [3.63, 3.8) is 0 Å². The lowest BCUT2D eigenvalue weighted by atomic mass is 10.2. The number of anilines is 2. The Kier molecular flexibility index (Phi) is 4.68. The topological polar surface area (TPSA) is 96.1 Å². The molecule has 0 amide bonds. The molecule has 2 aromatic heterocycles. The van der Waals surface area contributed by atoms with Gasteiger partial charge in [0.15, 0.2) is 0 Å². The van der Waals surface area contributed by atoms with Crippen molar-refractivity contribution in [2.75, 3.05) is 23.9 Å². The molecular weight excluding hydrogens is 250 g/mol. The Labute approximate surface area is 109 Å². The fourth-order valence-corrected chi connectivity index (χ4v) is 2.44. The van der Waals surface area contributed by atoms with Crippen LogP contribution in [0.2, 0.25) is 0 Å². The molecule has 6 nitrogen and oxygen atoms in total. The molecule has 0 saturated heterocycles. The maximum absolute atomic E-state index is 8.70. The molecule has 0 saturated carbocycles. The van der Waals surface area contributed by atoms with E-state index < -0.39 is 0 Å². The van der Waals surface area contributed by atoms with Crippen molar-refractivity contribution < 1.29 is 5.11 Å². The Morgan fingerprint density at radius 2 is 2.17 bits per heavy atom. The summed E-state index contributed by atoms with van der Waals surface area (Å²) in [5.41, 5.74) is 2.47. The molecule has 0 bridgehead atoms. The number of hydrogen-bond donors (Lipinski definition) is 4. The minimum absolute atomic E-state index is 0.253. The molecule has 2 rings (SSSR count). The van der Waals surface area contributed by atoms with Crippen LogP contribution in [0.5, 0.6) is 0 Å². The molecule has 0 aromatic carbocycles. The number of nitrogens with two attached hydrogens (primary N) is 1. The molecule has 0 aliphatic rings. The quantitative estimate of drug-likeness (QED) is 0.345. The van der Waals surface area contributed by atoms with Crippen molar-refractivity contribution in [3.8, 4) is 0 Å². The lowest BCUT2D eigenvalue weighted by Gasteiger charge is -2.08. The molecule has 5 N–H and O–H groups in total. The molecule has 0 atom stereocenters. The molecule has 7 heteroatoms. The molecule has 2 aromatic rings. The number of thiophene rings is 1. The number of nitrogens with one attached hydrogen (secondary N) is 2. The van der Waals surface area contributed by atoms with Gasteiger partial charge in [0.25, 0.3) is 0 Å². The van der Waals surface area contributed by atoms with Crippen LogP contribution in [0, 0.1) is 0 Å². The number of rotatable bonds is 7. The van der Waals surface area contributed by atoms with E-state index in [9.17, 15) is 0 Å². The van der Waals surface area contributed by atoms with Crippen LogP contribution >= 0.6 is 11.3 Å². The van der Waals surface area contributed by atoms with E-state index in [0.717, 1.165) is 41.8 Å². The van der Waals surface area contributed by atoms with Crippen molar-refractivity contribution in [2.45, 2.75) is 19.3 Å². The molecule has 0 spiro atoms. The molecule has 0 aliphatic heterocycles. The fourth-order valence-electron chi connectivity index (χ4n) is 1.68. The smallest absolute Gasteiger partial charge is 0.240 e. The zero-order valence-electron chi connectivity index (χ0n) is 10.0. The summed E-state index contributed by atoms with van der Waals surface area (Å²) in [4.78, 5) is 9.49. The van der Waals surface area contributed by atoms with E-state index in [1.165, 1.54) is 0 Å². The number of fused-ring (bicyclic) bond motifs is 1. The second-order valence-electron chi connectivity index (χ2n) is 3.89. The number of aliphatic hydroxyl groups is 1. The summed E-state index contributed by atoms with van der Waals surface area (Å²) in [6, 6.07) is 2.00. The summed E-state index contributed by atoms with van der Waals surface area (Å²) in [5, 5.41) is 15.0. The van der Waals surface area contributed by atoms with Gasteiger partial charge in [-0.15, -0.1) is 11.3 Å². The van der Waals surface area contributed by atoms with Gasteiger partial charge in [0.05, 0.1) is 5.39 Å². The monoisotopic (exact) mass is 267 g/mol. The van der Waals surface area contributed by atoms with Crippen molar-refractivity contribution in [1.82, 2.24) is 9.97 Å². The minimum Gasteiger partial charge on any atom is -0.396 e. The summed E-state index contributed by atoms with van der Waals surface area (Å²) in [7, 11) is 0. The highest BCUT2D eigenvalue weighted by molar-refractivity contribution is 7.16. The van der Waals surface area contributed by atoms with Crippen LogP contribution in [0.25, 0.3) is 10.2 Å². The van der Waals surface area contributed by atoms with Gasteiger partial charge in [-0.2, -0.15) is 4.98 Å². The van der Waals surface area contributed by atoms with Crippen LogP contribution < -0.4 is 16.6 Å². The highest BCUT2D eigenvalue weighted by atomic mass is 32.1. The van der Waals surface area contributed by atoms with Crippen molar-refractivity contribution in [2.24, 2.45) is 5.84 Å². The van der Waals surface area contributed by atoms with E-state index in [-0.39, 0.29) is 6.61 Å². The molecule has 0 radical (unpaired) electrons. The van der Waals surface area contributed by atoms with Crippen LogP contribution in [0.4, 0.5) is 11.8 Å². The Balaban J connectivity index is 2.04. The predicted molar refractivity (Wildman–Crippen MR) is 74.7 cm³/mol. The third kappa shape index (κ3) is 3.06. The lowest BCUT2D eigenvalue weighted by molar-refractivity contribution is 0.283. The van der Waals surface area contributed by atoms with Gasteiger partial charge in [-0.3, -0.25) is 5.43 Å². The fraction of sp³-hybridized carbons (Fsp3) is 0.455. The molecule has 0 fully saturated rings. The number of aliphatic hydroxyl groups excluding tert-OH is 1. The minimum atomic E-state index is 0.253. The number of nitrogens with zero attached hydrogens (tertiary/aromatic N) is 2. The van der Waals surface area contributed by atoms with E-state index in [1.807, 2.05) is 11.4 Å². The molecular formula is C11H17N5OS. The van der Waals surface area contributed by atoms with Gasteiger partial charge in [0, 0.05) is 13.2 Å². The first kappa shape index (κ1) is 13.0. The molecule has 2 heterocycles. The zero-order valence-corrected chi connectivity index (χ0v) is 10.8. The first-order valence-corrected chi connectivity index (χ1v) is 6.79. The first-order chi connectivity index (χ1) is 8.85. The number of nitrogen functional groups attached to an aromatic ring is 1. The van der Waals surface area contributed by atoms with Crippen LogP contribution in [0.1, 0.15) is 19.3 Å². The van der Waals surface area contributed by atoms with Crippen molar-refractivity contribution in [1.29, 1.82) is 0 Å². The highest BCUT2D eigenvalue weighted by Crippen LogP contribution is 2.26. The number of hydrazine groups is 1. The highest BCUT2D eigenvalue weighted by Gasteiger charge is 2.07. The number of aromatic nitrogens is 2. The number of unbranched alkanes of at least 4 members (excludes halogenated alkanes) is 2. The van der Waals surface area contributed by atoms with Crippen LogP contribution in [0.15, 0.2) is 11.4 Å². The zero-order chi connectivity index (χ0) is 12.8. The summed E-state index contributed by atoms with van der Waals surface area (Å²) >= 11 is 1.56. The largest absolute Gasteiger partial charge is 0.396 e. The molecule has 0 aliphatic carbocycles. The van der Waals surface area contributed by atoms with Gasteiger partial charge >= 0.3 is 0 Å². The molecule has 0 unspecified atom stereocenters. The Hall–Kier alpha value is -1.44. The standard InChI is InChI=1S/C11H17N5OS/c12-16-11-14-9(13-5-2-1-3-6-17)8-4-7-18-10(8)15-11/h4,7,17H,1-3,5-6,12H2,(H2,13,14,15,16). The van der Waals surface area contributed by atoms with E-state index >= 15 is 0 Å². The Morgan fingerprint density at radius 1 is 1.28 bits per heavy atom. The van der Waals surface area contributed by atoms with Crippen molar-refractivity contribution in [3.05, 3.63) is 11.4 Å². The second kappa shape index (κ2) is 6.48. The van der Waals surface area contributed by atoms with Crippen LogP contribution in [0.3, 0.4) is 0 Å². The summed E-state index contributed by atoms with van der Waals surface area (Å²) < 4.78 is 0. The first-order valence-electron chi connectivity index (χ1n) is 5.91. The maximum Gasteiger partial charge on any atom is 0.240 e. The van der Waals surface area contributed by atoms with E-state index in [4.69, 9.17) is 10.9 Å². The average molecular weight is 267 g/mol. The second-order valence-corrected chi connectivity index (χ2v) is 4.79. The predicted octanol–water partition coefficient (Wildman–Crippen LogP) is 1.55. The van der Waals surface area contributed by atoms with Gasteiger partial charge in [-0.05, 0) is 30.7 Å². The van der Waals surface area contributed by atoms with E-state index in [2.05, 4.69) is 20.7 Å². The van der Waals surface area contributed by atoms with E-state index in [1.54, 1.807) is 11.3 Å². The third-order valence-electron chi connectivity index (χ3n) is 2.58. The maximum atomic E-state index is 8.70. The van der Waals surface area contributed by atoms with Gasteiger partial charge in [0.1, 0.15) is 10.6 Å². The Bertz CT molecular complexity index is 501. The van der Waals surface area contributed by atoms with Gasteiger partial charge in [-0.1, -0.05) is 0 Å². The SMILES string of the molecule is NNc1nc(NCCCCCO)c2ccsc2n1. The summed E-state index contributed by atoms with van der Waals surface area (Å²) in [5.74, 6) is 6.57. The summed E-state index contributed by atoms with van der Waals surface area (Å²) in [6.45, 7) is 1.08. The van der Waals surface area contributed by atoms with Crippen molar-refractivity contribution >= 4 is 33.3 Å². The third-order valence-corrected chi connectivity index (χ3v) is 3.39. The lowest BCUT2D eigenvalue weighted by Crippen LogP contribution is -2.12. The van der Waals surface area contributed by atoms with Gasteiger partial charge < -0.3 is 10.4 Å². The number of hydrogen-bond acceptors (Lipinski definition) is 7. The molecule has 18 heavy (non-hydrogen) atoms. The van der Waals surface area contributed by atoms with Gasteiger partial charge in [0.2, 0.25) is 5.95 Å². The van der Waals surface area contributed by atoms with Crippen LogP contribution in [-0.2, 0) is 0 Å². The molecule has 98 valence electrons. The van der Waals surface area contributed by atoms with Gasteiger partial charge in [-0.25, -0.2) is 10.8 Å². The Morgan fingerprint density at radius 3 is 2.94 bits per heavy atom.